The Morgan fingerprint density at radius 3 is 2.80 bits per heavy atom. The first kappa shape index (κ1) is 17.1. The van der Waals surface area contributed by atoms with Crippen LogP contribution in [0.15, 0.2) is 23.8 Å². The third-order valence-electron chi connectivity index (χ3n) is 8.80. The number of allylic oxidation sites excluding steroid dienone is 2. The largest absolute Gasteiger partial charge is 0.295 e. The van der Waals surface area contributed by atoms with Gasteiger partial charge in [-0.15, -0.1) is 0 Å². The Morgan fingerprint density at radius 1 is 1.36 bits per heavy atom. The Hall–Kier alpha value is -1.36. The topological polar surface area (TPSA) is 40.9 Å². The van der Waals surface area contributed by atoms with Crippen molar-refractivity contribution in [2.75, 3.05) is 0 Å². The molecule has 7 atom stereocenters. The standard InChI is InChI=1S/C23H31NO/c1-5-23(13-24)15(3)11-20-21-14(2)10-16-12-17(25)6-7-18(16)19(21)8-9-22(20,23)4/h12,14,18-21H,3,5-11H2,1-2,4H3/t14-,18+,19-,20+,21-,22+,23+/m1/s1. The number of nitrogens with zero attached hydrogens (tertiary/aromatic N) is 1. The summed E-state index contributed by atoms with van der Waals surface area (Å²) in [4.78, 5) is 11.9. The minimum atomic E-state index is -0.332. The van der Waals surface area contributed by atoms with Crippen LogP contribution in [0, 0.1) is 51.8 Å². The minimum absolute atomic E-state index is 0.0781. The van der Waals surface area contributed by atoms with E-state index in [1.165, 1.54) is 17.6 Å². The lowest BCUT2D eigenvalue weighted by atomic mass is 9.46. The molecule has 0 unspecified atom stereocenters. The third kappa shape index (κ3) is 2.05. The lowest BCUT2D eigenvalue weighted by Crippen LogP contribution is -2.51. The molecule has 0 bridgehead atoms. The summed E-state index contributed by atoms with van der Waals surface area (Å²) in [5.41, 5.74) is 2.38. The zero-order chi connectivity index (χ0) is 18.0. The van der Waals surface area contributed by atoms with Gasteiger partial charge in [0, 0.05) is 6.42 Å². The van der Waals surface area contributed by atoms with Crippen molar-refractivity contribution < 1.29 is 4.79 Å². The van der Waals surface area contributed by atoms with Crippen molar-refractivity contribution in [2.45, 2.75) is 65.7 Å². The van der Waals surface area contributed by atoms with Gasteiger partial charge < -0.3 is 0 Å². The fourth-order valence-corrected chi connectivity index (χ4v) is 7.61. The highest BCUT2D eigenvalue weighted by atomic mass is 16.1. The average molecular weight is 338 g/mol. The molecule has 0 amide bonds. The Labute approximate surface area is 152 Å². The number of fused-ring (bicyclic) bond motifs is 5. The van der Waals surface area contributed by atoms with Gasteiger partial charge in [-0.3, -0.25) is 4.79 Å². The van der Waals surface area contributed by atoms with Gasteiger partial charge in [-0.25, -0.2) is 0 Å². The second-order valence-electron chi connectivity index (χ2n) is 9.49. The maximum atomic E-state index is 11.9. The molecule has 3 saturated carbocycles. The van der Waals surface area contributed by atoms with Gasteiger partial charge in [-0.05, 0) is 79.6 Å². The molecule has 2 nitrogen and oxygen atoms in total. The summed E-state index contributed by atoms with van der Waals surface area (Å²) in [6.07, 6.45) is 9.14. The summed E-state index contributed by atoms with van der Waals surface area (Å²) in [6.45, 7) is 11.3. The summed E-state index contributed by atoms with van der Waals surface area (Å²) < 4.78 is 0. The molecule has 4 aliphatic rings. The van der Waals surface area contributed by atoms with E-state index in [9.17, 15) is 10.1 Å². The predicted molar refractivity (Wildman–Crippen MR) is 99.5 cm³/mol. The molecule has 0 radical (unpaired) electrons. The Kier molecular flexibility index (Phi) is 3.80. The second-order valence-corrected chi connectivity index (χ2v) is 9.49. The Bertz CT molecular complexity index is 697. The molecule has 0 spiro atoms. The van der Waals surface area contributed by atoms with Crippen LogP contribution in [0.3, 0.4) is 0 Å². The molecule has 0 saturated heterocycles. The van der Waals surface area contributed by atoms with E-state index in [2.05, 4.69) is 33.4 Å². The van der Waals surface area contributed by atoms with E-state index in [-0.39, 0.29) is 10.8 Å². The monoisotopic (exact) mass is 337 g/mol. The fourth-order valence-electron chi connectivity index (χ4n) is 7.61. The van der Waals surface area contributed by atoms with E-state index < -0.39 is 0 Å². The number of carbonyl (C=O) groups is 1. The molecule has 25 heavy (non-hydrogen) atoms. The van der Waals surface area contributed by atoms with Crippen LogP contribution >= 0.6 is 0 Å². The highest BCUT2D eigenvalue weighted by molar-refractivity contribution is 5.91. The van der Waals surface area contributed by atoms with Gasteiger partial charge >= 0.3 is 0 Å². The molecule has 0 aromatic heterocycles. The normalized spacial score (nSPS) is 48.9. The molecule has 3 fully saturated rings. The first-order valence-corrected chi connectivity index (χ1v) is 10.2. The van der Waals surface area contributed by atoms with Gasteiger partial charge in [0.05, 0.1) is 11.5 Å². The number of hydrogen-bond acceptors (Lipinski definition) is 2. The highest BCUT2D eigenvalue weighted by Gasteiger charge is 2.64. The summed E-state index contributed by atoms with van der Waals surface area (Å²) in [7, 11) is 0. The number of carbonyl (C=O) groups excluding carboxylic acids is 1. The van der Waals surface area contributed by atoms with Crippen LogP contribution in [0.4, 0.5) is 0 Å². The van der Waals surface area contributed by atoms with Crippen molar-refractivity contribution in [3.63, 3.8) is 0 Å². The van der Waals surface area contributed by atoms with E-state index in [0.29, 0.717) is 35.4 Å². The van der Waals surface area contributed by atoms with Crippen molar-refractivity contribution in [2.24, 2.45) is 40.4 Å². The number of ketones is 1. The van der Waals surface area contributed by atoms with E-state index >= 15 is 0 Å². The molecule has 0 aromatic rings. The molecule has 0 heterocycles. The zero-order valence-corrected chi connectivity index (χ0v) is 16.0. The molecule has 2 heteroatoms. The van der Waals surface area contributed by atoms with Gasteiger partial charge in [0.15, 0.2) is 5.78 Å². The first-order valence-electron chi connectivity index (χ1n) is 10.2. The maximum absolute atomic E-state index is 11.9. The molecular weight excluding hydrogens is 306 g/mol. The molecule has 4 aliphatic carbocycles. The predicted octanol–water partition coefficient (Wildman–Crippen LogP) is 5.46. The van der Waals surface area contributed by atoms with Gasteiger partial charge in [0.1, 0.15) is 0 Å². The van der Waals surface area contributed by atoms with Gasteiger partial charge in [-0.2, -0.15) is 5.26 Å². The van der Waals surface area contributed by atoms with Crippen LogP contribution in [0.25, 0.3) is 0 Å². The van der Waals surface area contributed by atoms with Crippen molar-refractivity contribution in [3.05, 3.63) is 23.8 Å². The van der Waals surface area contributed by atoms with Crippen LogP contribution in [-0.2, 0) is 4.79 Å². The van der Waals surface area contributed by atoms with Crippen LogP contribution in [-0.4, -0.2) is 5.78 Å². The fraction of sp³-hybridized carbons (Fsp3) is 0.739. The molecule has 0 N–H and O–H groups in total. The summed E-state index contributed by atoms with van der Waals surface area (Å²) >= 11 is 0. The zero-order valence-electron chi connectivity index (χ0n) is 16.0. The van der Waals surface area contributed by atoms with Crippen LogP contribution in [0.2, 0.25) is 0 Å². The second kappa shape index (κ2) is 5.57. The average Bonchev–Trinajstić information content (AvgIpc) is 2.81. The maximum Gasteiger partial charge on any atom is 0.155 e. The number of hydrogen-bond donors (Lipinski definition) is 0. The number of rotatable bonds is 1. The van der Waals surface area contributed by atoms with E-state index in [0.717, 1.165) is 38.5 Å². The van der Waals surface area contributed by atoms with Crippen molar-refractivity contribution >= 4 is 5.78 Å². The quantitative estimate of drug-likeness (QED) is 0.596. The van der Waals surface area contributed by atoms with Crippen LogP contribution < -0.4 is 0 Å². The SMILES string of the molecule is C=C1C[C@H]2[C@H]3[C@H](CC[C@]2(C)[C@]1(C#N)CC)[C@H]1CCC(=O)C=C1C[C@H]3C. The summed E-state index contributed by atoms with van der Waals surface area (Å²) in [6, 6.07) is 2.73. The summed E-state index contributed by atoms with van der Waals surface area (Å²) in [5, 5.41) is 10.1. The van der Waals surface area contributed by atoms with Crippen molar-refractivity contribution in [1.29, 1.82) is 5.26 Å². The minimum Gasteiger partial charge on any atom is -0.295 e. The molecule has 4 rings (SSSR count). The molecular formula is C23H31NO. The van der Waals surface area contributed by atoms with E-state index in [1.54, 1.807) is 0 Å². The molecule has 134 valence electrons. The lowest BCUT2D eigenvalue weighted by Gasteiger charge is -2.57. The Morgan fingerprint density at radius 2 is 2.12 bits per heavy atom. The lowest BCUT2D eigenvalue weighted by molar-refractivity contribution is -0.116. The summed E-state index contributed by atoms with van der Waals surface area (Å²) in [5.74, 6) is 3.55. The van der Waals surface area contributed by atoms with Crippen molar-refractivity contribution in [3.8, 4) is 6.07 Å². The van der Waals surface area contributed by atoms with E-state index in [4.69, 9.17) is 0 Å². The van der Waals surface area contributed by atoms with Crippen molar-refractivity contribution in [1.82, 2.24) is 0 Å². The smallest absolute Gasteiger partial charge is 0.155 e. The van der Waals surface area contributed by atoms with Gasteiger partial charge in [-0.1, -0.05) is 38.5 Å². The van der Waals surface area contributed by atoms with Gasteiger partial charge in [0.25, 0.3) is 0 Å². The first-order chi connectivity index (χ1) is 11.9. The number of nitriles is 1. The third-order valence-corrected chi connectivity index (χ3v) is 8.80. The van der Waals surface area contributed by atoms with Crippen LogP contribution in [0.1, 0.15) is 65.7 Å². The van der Waals surface area contributed by atoms with Crippen LogP contribution in [0.5, 0.6) is 0 Å². The van der Waals surface area contributed by atoms with E-state index in [1.807, 2.05) is 6.08 Å². The highest BCUT2D eigenvalue weighted by Crippen LogP contribution is 2.70. The molecule has 0 aromatic carbocycles. The van der Waals surface area contributed by atoms with Gasteiger partial charge in [0.2, 0.25) is 0 Å². The Balaban J connectivity index is 1.74. The molecule has 0 aliphatic heterocycles.